The zero-order valence-electron chi connectivity index (χ0n) is 11.1. The summed E-state index contributed by atoms with van der Waals surface area (Å²) in [5.41, 5.74) is 0.895. The van der Waals surface area contributed by atoms with Gasteiger partial charge in [-0.3, -0.25) is 0 Å². The Morgan fingerprint density at radius 1 is 1.28 bits per heavy atom. The summed E-state index contributed by atoms with van der Waals surface area (Å²) < 4.78 is 12.7. The molecular weight excluding hydrogens is 231 g/mol. The molecule has 0 fully saturated rings. The lowest BCUT2D eigenvalue weighted by Crippen LogP contribution is -2.37. The number of nitrogens with zero attached hydrogens (tertiary/aromatic N) is 1. The van der Waals surface area contributed by atoms with Crippen LogP contribution in [0.1, 0.15) is 31.7 Å². The molecule has 0 heterocycles. The highest BCUT2D eigenvalue weighted by Gasteiger charge is 2.06. The predicted molar refractivity (Wildman–Crippen MR) is 70.8 cm³/mol. The van der Waals surface area contributed by atoms with Gasteiger partial charge in [0.1, 0.15) is 5.82 Å². The van der Waals surface area contributed by atoms with Gasteiger partial charge in [-0.15, -0.1) is 0 Å². The summed E-state index contributed by atoms with van der Waals surface area (Å²) in [7, 11) is 1.79. The van der Waals surface area contributed by atoms with Crippen molar-refractivity contribution in [1.82, 2.24) is 10.2 Å². The molecule has 0 saturated heterocycles. The van der Waals surface area contributed by atoms with E-state index < -0.39 is 0 Å². The van der Waals surface area contributed by atoms with Gasteiger partial charge in [-0.2, -0.15) is 0 Å². The number of nitrogens with one attached hydrogen (secondary N) is 1. The SMILES string of the molecule is CCCCCN(C)C(=O)NCc1ccc(F)cc1. The minimum absolute atomic E-state index is 0.0876. The molecule has 0 aromatic heterocycles. The topological polar surface area (TPSA) is 32.3 Å². The van der Waals surface area contributed by atoms with Crippen LogP contribution in [0.4, 0.5) is 9.18 Å². The van der Waals surface area contributed by atoms with Gasteiger partial charge in [0.05, 0.1) is 0 Å². The number of unbranched alkanes of at least 4 members (excludes halogenated alkanes) is 2. The van der Waals surface area contributed by atoms with Gasteiger partial charge in [0.15, 0.2) is 0 Å². The Morgan fingerprint density at radius 2 is 1.94 bits per heavy atom. The number of halogens is 1. The van der Waals surface area contributed by atoms with E-state index in [9.17, 15) is 9.18 Å². The minimum Gasteiger partial charge on any atom is -0.334 e. The second kappa shape index (κ2) is 7.69. The van der Waals surface area contributed by atoms with Crippen LogP contribution in [-0.4, -0.2) is 24.5 Å². The van der Waals surface area contributed by atoms with E-state index in [1.807, 2.05) is 0 Å². The lowest BCUT2D eigenvalue weighted by Gasteiger charge is -2.17. The summed E-state index contributed by atoms with van der Waals surface area (Å²) in [6, 6.07) is 6.05. The van der Waals surface area contributed by atoms with E-state index in [0.29, 0.717) is 6.54 Å². The van der Waals surface area contributed by atoms with Crippen molar-refractivity contribution in [3.05, 3.63) is 35.6 Å². The largest absolute Gasteiger partial charge is 0.334 e. The molecule has 0 aliphatic rings. The van der Waals surface area contributed by atoms with E-state index in [4.69, 9.17) is 0 Å². The molecule has 1 rings (SSSR count). The van der Waals surface area contributed by atoms with E-state index in [-0.39, 0.29) is 11.8 Å². The summed E-state index contributed by atoms with van der Waals surface area (Å²) >= 11 is 0. The Hall–Kier alpha value is -1.58. The van der Waals surface area contributed by atoms with Gasteiger partial charge in [-0.05, 0) is 24.1 Å². The first-order valence-electron chi connectivity index (χ1n) is 6.37. The van der Waals surface area contributed by atoms with Crippen molar-refractivity contribution in [3.8, 4) is 0 Å². The van der Waals surface area contributed by atoms with Crippen molar-refractivity contribution in [2.75, 3.05) is 13.6 Å². The molecule has 0 atom stereocenters. The van der Waals surface area contributed by atoms with Crippen molar-refractivity contribution in [2.24, 2.45) is 0 Å². The molecule has 0 radical (unpaired) electrons. The van der Waals surface area contributed by atoms with E-state index in [2.05, 4.69) is 12.2 Å². The molecule has 3 nitrogen and oxygen atoms in total. The quantitative estimate of drug-likeness (QED) is 0.775. The summed E-state index contributed by atoms with van der Waals surface area (Å²) in [6.07, 6.45) is 3.30. The fraction of sp³-hybridized carbons (Fsp3) is 0.500. The number of benzene rings is 1. The second-order valence-electron chi connectivity index (χ2n) is 4.41. The smallest absolute Gasteiger partial charge is 0.317 e. The third kappa shape index (κ3) is 5.17. The molecule has 0 aliphatic heterocycles. The van der Waals surface area contributed by atoms with Crippen LogP contribution < -0.4 is 5.32 Å². The number of urea groups is 1. The number of carbonyl (C=O) groups is 1. The van der Waals surface area contributed by atoms with Crippen molar-refractivity contribution >= 4 is 6.03 Å². The van der Waals surface area contributed by atoms with Gasteiger partial charge in [-0.25, -0.2) is 9.18 Å². The molecular formula is C14H21FN2O. The molecule has 2 amide bonds. The highest BCUT2D eigenvalue weighted by atomic mass is 19.1. The standard InChI is InChI=1S/C14H21FN2O/c1-3-4-5-10-17(2)14(18)16-11-12-6-8-13(15)9-7-12/h6-9H,3-5,10-11H2,1-2H3,(H,16,18). The molecule has 1 aromatic carbocycles. The number of hydrogen-bond acceptors (Lipinski definition) is 1. The third-order valence-corrected chi connectivity index (χ3v) is 2.80. The summed E-state index contributed by atoms with van der Waals surface area (Å²) in [5.74, 6) is -0.262. The first-order valence-corrected chi connectivity index (χ1v) is 6.37. The van der Waals surface area contributed by atoms with Crippen LogP contribution >= 0.6 is 0 Å². The lowest BCUT2D eigenvalue weighted by molar-refractivity contribution is 0.207. The summed E-state index contributed by atoms with van der Waals surface area (Å²) in [6.45, 7) is 3.33. The molecule has 100 valence electrons. The molecule has 0 unspecified atom stereocenters. The van der Waals surface area contributed by atoms with Crippen LogP contribution in [0.15, 0.2) is 24.3 Å². The molecule has 1 aromatic rings. The Balaban J connectivity index is 2.29. The summed E-state index contributed by atoms with van der Waals surface area (Å²) in [5, 5.41) is 2.81. The van der Waals surface area contributed by atoms with Crippen molar-refractivity contribution in [1.29, 1.82) is 0 Å². The monoisotopic (exact) mass is 252 g/mol. The van der Waals surface area contributed by atoms with E-state index in [1.54, 1.807) is 24.1 Å². The number of amides is 2. The first kappa shape index (κ1) is 14.5. The molecule has 0 spiro atoms. The minimum atomic E-state index is -0.262. The Morgan fingerprint density at radius 3 is 2.56 bits per heavy atom. The van der Waals surface area contributed by atoms with Crippen molar-refractivity contribution in [2.45, 2.75) is 32.7 Å². The molecule has 1 N–H and O–H groups in total. The van der Waals surface area contributed by atoms with Crippen LogP contribution in [0.2, 0.25) is 0 Å². The first-order chi connectivity index (χ1) is 8.63. The molecule has 4 heteroatoms. The van der Waals surface area contributed by atoms with Gasteiger partial charge in [0.25, 0.3) is 0 Å². The molecule has 0 saturated carbocycles. The normalized spacial score (nSPS) is 10.2. The molecule has 18 heavy (non-hydrogen) atoms. The highest BCUT2D eigenvalue weighted by molar-refractivity contribution is 5.73. The number of rotatable bonds is 6. The zero-order valence-corrected chi connectivity index (χ0v) is 11.1. The van der Waals surface area contributed by atoms with Crippen LogP contribution in [0.5, 0.6) is 0 Å². The van der Waals surface area contributed by atoms with Gasteiger partial charge in [0.2, 0.25) is 0 Å². The average Bonchev–Trinajstić information content (AvgIpc) is 2.38. The lowest BCUT2D eigenvalue weighted by atomic mass is 10.2. The van der Waals surface area contributed by atoms with Gasteiger partial charge in [0, 0.05) is 20.1 Å². The van der Waals surface area contributed by atoms with Gasteiger partial charge >= 0.3 is 6.03 Å². The van der Waals surface area contributed by atoms with Gasteiger partial charge in [-0.1, -0.05) is 31.9 Å². The van der Waals surface area contributed by atoms with Crippen molar-refractivity contribution < 1.29 is 9.18 Å². The number of carbonyl (C=O) groups excluding carboxylic acids is 1. The fourth-order valence-electron chi connectivity index (χ4n) is 1.62. The third-order valence-electron chi connectivity index (χ3n) is 2.80. The zero-order chi connectivity index (χ0) is 13.4. The van der Waals surface area contributed by atoms with E-state index in [1.165, 1.54) is 12.1 Å². The Bertz CT molecular complexity index is 365. The summed E-state index contributed by atoms with van der Waals surface area (Å²) in [4.78, 5) is 13.4. The van der Waals surface area contributed by atoms with Crippen LogP contribution in [0, 0.1) is 5.82 Å². The molecule has 0 bridgehead atoms. The fourth-order valence-corrected chi connectivity index (χ4v) is 1.62. The van der Waals surface area contributed by atoms with E-state index >= 15 is 0 Å². The predicted octanol–water partition coefficient (Wildman–Crippen LogP) is 3.16. The Kier molecular flexibility index (Phi) is 6.19. The van der Waals surface area contributed by atoms with Crippen LogP contribution in [0.25, 0.3) is 0 Å². The maximum atomic E-state index is 12.7. The van der Waals surface area contributed by atoms with Gasteiger partial charge < -0.3 is 10.2 Å². The van der Waals surface area contributed by atoms with Crippen LogP contribution in [0.3, 0.4) is 0 Å². The van der Waals surface area contributed by atoms with Crippen molar-refractivity contribution in [3.63, 3.8) is 0 Å². The maximum Gasteiger partial charge on any atom is 0.317 e. The Labute approximate surface area is 108 Å². The number of hydrogen-bond donors (Lipinski definition) is 1. The average molecular weight is 252 g/mol. The molecule has 0 aliphatic carbocycles. The highest BCUT2D eigenvalue weighted by Crippen LogP contribution is 2.02. The van der Waals surface area contributed by atoms with Crippen LogP contribution in [-0.2, 0) is 6.54 Å². The maximum absolute atomic E-state index is 12.7. The van der Waals surface area contributed by atoms with E-state index in [0.717, 1.165) is 31.4 Å². The second-order valence-corrected chi connectivity index (χ2v) is 4.41.